The number of rotatable bonds is 7. The minimum atomic E-state index is -0.120. The van der Waals surface area contributed by atoms with Gasteiger partial charge in [0.25, 0.3) is 5.91 Å². The summed E-state index contributed by atoms with van der Waals surface area (Å²) in [6, 6.07) is 7.23. The molecule has 1 saturated heterocycles. The molecule has 1 unspecified atom stereocenters. The van der Waals surface area contributed by atoms with Gasteiger partial charge in [0.2, 0.25) is 5.91 Å². The number of carbonyl (C=O) groups is 2. The molecule has 0 aromatic heterocycles. The maximum atomic E-state index is 12.1. The molecule has 1 aliphatic heterocycles. The summed E-state index contributed by atoms with van der Waals surface area (Å²) in [5, 5.41) is 5.66. The third-order valence-electron chi connectivity index (χ3n) is 3.56. The maximum absolute atomic E-state index is 12.1. The second kappa shape index (κ2) is 8.51. The van der Waals surface area contributed by atoms with Gasteiger partial charge in [0.1, 0.15) is 0 Å². The van der Waals surface area contributed by atoms with Crippen LogP contribution in [0.15, 0.2) is 24.3 Å². The molecule has 0 radical (unpaired) electrons. The lowest BCUT2D eigenvalue weighted by molar-refractivity contribution is -0.121. The van der Waals surface area contributed by atoms with Crippen LogP contribution in [-0.2, 0) is 16.1 Å². The Kier molecular flexibility index (Phi) is 6.36. The van der Waals surface area contributed by atoms with Gasteiger partial charge in [-0.15, -0.1) is 0 Å². The van der Waals surface area contributed by atoms with Crippen molar-refractivity contribution in [1.82, 2.24) is 10.6 Å². The van der Waals surface area contributed by atoms with Crippen LogP contribution in [0.3, 0.4) is 0 Å². The number of hydrogen-bond donors (Lipinski definition) is 3. The number of nitrogens with one attached hydrogen (secondary N) is 2. The molecular formula is C16H23N3O3. The van der Waals surface area contributed by atoms with E-state index in [0.717, 1.165) is 25.0 Å². The van der Waals surface area contributed by atoms with Crippen LogP contribution < -0.4 is 16.4 Å². The van der Waals surface area contributed by atoms with Crippen LogP contribution in [0.2, 0.25) is 0 Å². The average Bonchev–Trinajstić information content (AvgIpc) is 3.04. The minimum absolute atomic E-state index is 0.0873. The number of nitrogens with two attached hydrogens (primary N) is 1. The third kappa shape index (κ3) is 5.13. The van der Waals surface area contributed by atoms with Gasteiger partial charge < -0.3 is 21.1 Å². The van der Waals surface area contributed by atoms with E-state index < -0.39 is 0 Å². The van der Waals surface area contributed by atoms with Crippen molar-refractivity contribution in [2.24, 2.45) is 5.73 Å². The van der Waals surface area contributed by atoms with Crippen LogP contribution >= 0.6 is 0 Å². The molecular weight excluding hydrogens is 282 g/mol. The SMILES string of the molecule is NCCC(=O)NCc1cccc(C(=O)NCC2CCCO2)c1. The van der Waals surface area contributed by atoms with Crippen molar-refractivity contribution in [3.63, 3.8) is 0 Å². The van der Waals surface area contributed by atoms with Crippen LogP contribution in [0.5, 0.6) is 0 Å². The number of carbonyl (C=O) groups excluding carboxylic acids is 2. The van der Waals surface area contributed by atoms with Gasteiger partial charge in [-0.25, -0.2) is 0 Å². The summed E-state index contributed by atoms with van der Waals surface area (Å²) >= 11 is 0. The van der Waals surface area contributed by atoms with Gasteiger partial charge in [0, 0.05) is 38.2 Å². The highest BCUT2D eigenvalue weighted by Gasteiger charge is 2.16. The van der Waals surface area contributed by atoms with Crippen molar-refractivity contribution < 1.29 is 14.3 Å². The molecule has 1 aromatic rings. The number of hydrogen-bond acceptors (Lipinski definition) is 4. The number of amides is 2. The number of benzene rings is 1. The first-order valence-electron chi connectivity index (χ1n) is 7.64. The van der Waals surface area contributed by atoms with Gasteiger partial charge >= 0.3 is 0 Å². The van der Waals surface area contributed by atoms with E-state index >= 15 is 0 Å². The molecule has 6 nitrogen and oxygen atoms in total. The zero-order valence-electron chi connectivity index (χ0n) is 12.6. The predicted molar refractivity (Wildman–Crippen MR) is 83.3 cm³/mol. The molecule has 4 N–H and O–H groups in total. The molecule has 0 spiro atoms. The van der Waals surface area contributed by atoms with Gasteiger partial charge in [-0.1, -0.05) is 12.1 Å². The van der Waals surface area contributed by atoms with Gasteiger partial charge in [-0.2, -0.15) is 0 Å². The Labute approximate surface area is 130 Å². The largest absolute Gasteiger partial charge is 0.376 e. The van der Waals surface area contributed by atoms with E-state index in [1.165, 1.54) is 0 Å². The Hall–Kier alpha value is -1.92. The third-order valence-corrected chi connectivity index (χ3v) is 3.56. The second-order valence-electron chi connectivity index (χ2n) is 5.36. The fourth-order valence-electron chi connectivity index (χ4n) is 2.36. The quantitative estimate of drug-likeness (QED) is 0.686. The Morgan fingerprint density at radius 3 is 2.91 bits per heavy atom. The average molecular weight is 305 g/mol. The van der Waals surface area contributed by atoms with Crippen LogP contribution in [0.4, 0.5) is 0 Å². The van der Waals surface area contributed by atoms with E-state index in [9.17, 15) is 9.59 Å². The van der Waals surface area contributed by atoms with Crippen molar-refractivity contribution in [2.75, 3.05) is 19.7 Å². The predicted octanol–water partition coefficient (Wildman–Crippen LogP) is 0.560. The maximum Gasteiger partial charge on any atom is 0.251 e. The standard InChI is InChI=1S/C16H23N3O3/c17-7-6-15(20)18-10-12-3-1-4-13(9-12)16(21)19-11-14-5-2-8-22-14/h1,3-4,9,14H,2,5-8,10-11,17H2,(H,18,20)(H,19,21). The van der Waals surface area contributed by atoms with Gasteiger partial charge in [0.15, 0.2) is 0 Å². The molecule has 1 atom stereocenters. The van der Waals surface area contributed by atoms with Crippen LogP contribution in [0.1, 0.15) is 35.2 Å². The molecule has 1 aliphatic rings. The molecule has 0 saturated carbocycles. The van der Waals surface area contributed by atoms with E-state index in [0.29, 0.717) is 31.6 Å². The van der Waals surface area contributed by atoms with Crippen LogP contribution in [-0.4, -0.2) is 37.6 Å². The monoisotopic (exact) mass is 305 g/mol. The summed E-state index contributed by atoms with van der Waals surface area (Å²) in [4.78, 5) is 23.5. The first-order chi connectivity index (χ1) is 10.7. The molecule has 22 heavy (non-hydrogen) atoms. The Balaban J connectivity index is 1.84. The molecule has 1 heterocycles. The smallest absolute Gasteiger partial charge is 0.251 e. The highest BCUT2D eigenvalue weighted by Crippen LogP contribution is 2.11. The molecule has 6 heteroatoms. The van der Waals surface area contributed by atoms with Crippen molar-refractivity contribution in [3.05, 3.63) is 35.4 Å². The van der Waals surface area contributed by atoms with Gasteiger partial charge in [-0.05, 0) is 30.5 Å². The van der Waals surface area contributed by atoms with Crippen molar-refractivity contribution in [2.45, 2.75) is 31.9 Å². The Bertz CT molecular complexity index is 513. The lowest BCUT2D eigenvalue weighted by Crippen LogP contribution is -2.31. The molecule has 0 aliphatic carbocycles. The summed E-state index contributed by atoms with van der Waals surface area (Å²) in [6.45, 7) is 2.04. The van der Waals surface area contributed by atoms with E-state index in [2.05, 4.69) is 10.6 Å². The molecule has 2 amide bonds. The lowest BCUT2D eigenvalue weighted by atomic mass is 10.1. The first-order valence-corrected chi connectivity index (χ1v) is 7.64. The van der Waals surface area contributed by atoms with Crippen LogP contribution in [0.25, 0.3) is 0 Å². The zero-order valence-corrected chi connectivity index (χ0v) is 12.6. The highest BCUT2D eigenvalue weighted by atomic mass is 16.5. The van der Waals surface area contributed by atoms with Crippen molar-refractivity contribution >= 4 is 11.8 Å². The molecule has 120 valence electrons. The zero-order chi connectivity index (χ0) is 15.8. The molecule has 1 aromatic carbocycles. The van der Waals surface area contributed by atoms with E-state index in [4.69, 9.17) is 10.5 Å². The normalized spacial score (nSPS) is 17.2. The van der Waals surface area contributed by atoms with E-state index in [1.807, 2.05) is 12.1 Å². The highest BCUT2D eigenvalue weighted by molar-refractivity contribution is 5.94. The molecule has 0 bridgehead atoms. The summed E-state index contributed by atoms with van der Waals surface area (Å²) in [7, 11) is 0. The number of ether oxygens (including phenoxy) is 1. The minimum Gasteiger partial charge on any atom is -0.376 e. The molecule has 1 fully saturated rings. The lowest BCUT2D eigenvalue weighted by Gasteiger charge is -2.11. The fraction of sp³-hybridized carbons (Fsp3) is 0.500. The summed E-state index contributed by atoms with van der Waals surface area (Å²) in [5.41, 5.74) is 6.79. The fourth-order valence-corrected chi connectivity index (χ4v) is 2.36. The Morgan fingerprint density at radius 1 is 1.32 bits per heavy atom. The summed E-state index contributed by atoms with van der Waals surface area (Å²) < 4.78 is 5.48. The van der Waals surface area contributed by atoms with Crippen molar-refractivity contribution in [1.29, 1.82) is 0 Å². The topological polar surface area (TPSA) is 93.5 Å². The van der Waals surface area contributed by atoms with Crippen LogP contribution in [0, 0.1) is 0 Å². The Morgan fingerprint density at radius 2 is 2.18 bits per heavy atom. The molecule has 2 rings (SSSR count). The summed E-state index contributed by atoms with van der Waals surface area (Å²) in [5.74, 6) is -0.207. The first kappa shape index (κ1) is 16.5. The van der Waals surface area contributed by atoms with Crippen molar-refractivity contribution in [3.8, 4) is 0 Å². The van der Waals surface area contributed by atoms with Gasteiger partial charge in [-0.3, -0.25) is 9.59 Å². The second-order valence-corrected chi connectivity index (χ2v) is 5.36. The van der Waals surface area contributed by atoms with E-state index in [-0.39, 0.29) is 17.9 Å². The van der Waals surface area contributed by atoms with E-state index in [1.54, 1.807) is 12.1 Å². The van der Waals surface area contributed by atoms with Gasteiger partial charge in [0.05, 0.1) is 6.10 Å². The summed E-state index contributed by atoms with van der Waals surface area (Å²) in [6.07, 6.45) is 2.48.